The average molecular weight is 240 g/mol. The highest BCUT2D eigenvalue weighted by Crippen LogP contribution is 2.30. The van der Waals surface area contributed by atoms with E-state index < -0.39 is 0 Å². The smallest absolute Gasteiger partial charge is 0.0884 e. The van der Waals surface area contributed by atoms with E-state index in [0.29, 0.717) is 5.92 Å². The van der Waals surface area contributed by atoms with Crippen molar-refractivity contribution in [2.24, 2.45) is 5.92 Å². The van der Waals surface area contributed by atoms with E-state index in [-0.39, 0.29) is 6.10 Å². The third kappa shape index (κ3) is 4.26. The number of hydrogen-bond donors (Lipinski definition) is 1. The molecule has 1 nitrogen and oxygen atoms in total. The molecule has 2 unspecified atom stereocenters. The molecule has 1 aromatic rings. The first-order valence-corrected chi connectivity index (χ1v) is 7.23. The maximum atomic E-state index is 10.1. The molecule has 0 bridgehead atoms. The van der Waals surface area contributed by atoms with Gasteiger partial charge in [-0.05, 0) is 31.4 Å². The molecule has 0 spiro atoms. The molecule has 1 aromatic heterocycles. The van der Waals surface area contributed by atoms with Gasteiger partial charge in [0.1, 0.15) is 0 Å². The van der Waals surface area contributed by atoms with Crippen LogP contribution in [0.5, 0.6) is 0 Å². The molecule has 0 fully saturated rings. The molecular weight excluding hydrogens is 216 g/mol. The second-order valence-electron chi connectivity index (χ2n) is 4.62. The lowest BCUT2D eigenvalue weighted by Gasteiger charge is -2.17. The molecule has 0 aliphatic rings. The van der Waals surface area contributed by atoms with Crippen LogP contribution in [0.3, 0.4) is 0 Å². The minimum absolute atomic E-state index is 0.250. The minimum atomic E-state index is -0.250. The molecular formula is C14H24OS. The van der Waals surface area contributed by atoms with E-state index in [4.69, 9.17) is 0 Å². The summed E-state index contributed by atoms with van der Waals surface area (Å²) in [6.45, 7) is 6.55. The number of rotatable bonds is 7. The predicted molar refractivity (Wildman–Crippen MR) is 71.9 cm³/mol. The van der Waals surface area contributed by atoms with Crippen LogP contribution in [0.15, 0.2) is 12.1 Å². The lowest BCUT2D eigenvalue weighted by Crippen LogP contribution is -2.05. The van der Waals surface area contributed by atoms with Crippen molar-refractivity contribution in [1.82, 2.24) is 0 Å². The summed E-state index contributed by atoms with van der Waals surface area (Å²) in [4.78, 5) is 2.42. The van der Waals surface area contributed by atoms with Crippen molar-refractivity contribution in [3.05, 3.63) is 21.9 Å². The van der Waals surface area contributed by atoms with Gasteiger partial charge < -0.3 is 5.11 Å². The van der Waals surface area contributed by atoms with Crippen molar-refractivity contribution < 1.29 is 5.11 Å². The quantitative estimate of drug-likeness (QED) is 0.732. The molecule has 0 amide bonds. The number of thiophene rings is 1. The van der Waals surface area contributed by atoms with Crippen LogP contribution in [0, 0.1) is 12.8 Å². The summed E-state index contributed by atoms with van der Waals surface area (Å²) < 4.78 is 0. The first kappa shape index (κ1) is 13.7. The standard InChI is InChI=1S/C14H24OS/c1-4-6-7-12(5-2)10-13(15)14-9-8-11(3)16-14/h8-9,12-13,15H,4-7,10H2,1-3H3. The van der Waals surface area contributed by atoms with E-state index in [1.54, 1.807) is 11.3 Å². The Labute approximate surface area is 104 Å². The molecule has 0 aromatic carbocycles. The van der Waals surface area contributed by atoms with E-state index in [0.717, 1.165) is 11.3 Å². The summed E-state index contributed by atoms with van der Waals surface area (Å²) in [6.07, 6.45) is 5.66. The Morgan fingerprint density at radius 1 is 1.31 bits per heavy atom. The van der Waals surface area contributed by atoms with Crippen LogP contribution in [0.2, 0.25) is 0 Å². The van der Waals surface area contributed by atoms with E-state index in [1.807, 2.05) is 0 Å². The molecule has 2 atom stereocenters. The van der Waals surface area contributed by atoms with Crippen molar-refractivity contribution in [1.29, 1.82) is 0 Å². The maximum absolute atomic E-state index is 10.1. The Bertz CT molecular complexity index is 293. The van der Waals surface area contributed by atoms with Crippen LogP contribution >= 0.6 is 11.3 Å². The molecule has 16 heavy (non-hydrogen) atoms. The highest BCUT2D eigenvalue weighted by atomic mass is 32.1. The average Bonchev–Trinajstić information content (AvgIpc) is 2.70. The first-order chi connectivity index (χ1) is 7.67. The minimum Gasteiger partial charge on any atom is -0.388 e. The highest BCUT2D eigenvalue weighted by Gasteiger charge is 2.15. The Hall–Kier alpha value is -0.340. The summed E-state index contributed by atoms with van der Waals surface area (Å²) in [6, 6.07) is 4.16. The van der Waals surface area contributed by atoms with Gasteiger partial charge in [-0.1, -0.05) is 39.5 Å². The Morgan fingerprint density at radius 3 is 2.56 bits per heavy atom. The van der Waals surface area contributed by atoms with Gasteiger partial charge in [0.25, 0.3) is 0 Å². The zero-order valence-electron chi connectivity index (χ0n) is 10.7. The first-order valence-electron chi connectivity index (χ1n) is 6.41. The number of aliphatic hydroxyl groups excluding tert-OH is 1. The van der Waals surface area contributed by atoms with Crippen molar-refractivity contribution in [2.45, 2.75) is 59.0 Å². The lowest BCUT2D eigenvalue weighted by molar-refractivity contribution is 0.142. The normalized spacial score (nSPS) is 15.0. The molecule has 1 N–H and O–H groups in total. The van der Waals surface area contributed by atoms with Crippen LogP contribution in [-0.4, -0.2) is 5.11 Å². The van der Waals surface area contributed by atoms with Crippen LogP contribution in [0.4, 0.5) is 0 Å². The molecule has 2 heteroatoms. The molecule has 0 saturated carbocycles. The van der Waals surface area contributed by atoms with Gasteiger partial charge in [0.2, 0.25) is 0 Å². The number of aliphatic hydroxyl groups is 1. The van der Waals surface area contributed by atoms with Gasteiger partial charge in [-0.3, -0.25) is 0 Å². The molecule has 0 saturated heterocycles. The summed E-state index contributed by atoms with van der Waals surface area (Å²) in [5, 5.41) is 10.1. The number of hydrogen-bond acceptors (Lipinski definition) is 2. The largest absolute Gasteiger partial charge is 0.388 e. The van der Waals surface area contributed by atoms with Crippen LogP contribution < -0.4 is 0 Å². The molecule has 92 valence electrons. The Kier molecular flexibility index (Phi) is 6.07. The fourth-order valence-electron chi connectivity index (χ4n) is 2.05. The topological polar surface area (TPSA) is 20.2 Å². The van der Waals surface area contributed by atoms with Gasteiger partial charge in [0.15, 0.2) is 0 Å². The van der Waals surface area contributed by atoms with Gasteiger partial charge in [-0.15, -0.1) is 11.3 Å². The Balaban J connectivity index is 2.45. The monoisotopic (exact) mass is 240 g/mol. The summed E-state index contributed by atoms with van der Waals surface area (Å²) in [5.74, 6) is 0.678. The zero-order chi connectivity index (χ0) is 12.0. The molecule has 0 aliphatic carbocycles. The van der Waals surface area contributed by atoms with Crippen LogP contribution in [0.25, 0.3) is 0 Å². The van der Waals surface area contributed by atoms with E-state index in [9.17, 15) is 5.11 Å². The summed E-state index contributed by atoms with van der Waals surface area (Å²) >= 11 is 1.72. The lowest BCUT2D eigenvalue weighted by atomic mass is 9.93. The van der Waals surface area contributed by atoms with E-state index >= 15 is 0 Å². The van der Waals surface area contributed by atoms with Crippen molar-refractivity contribution in [2.75, 3.05) is 0 Å². The molecule has 0 radical (unpaired) electrons. The summed E-state index contributed by atoms with van der Waals surface area (Å²) in [5.41, 5.74) is 0. The van der Waals surface area contributed by atoms with Gasteiger partial charge in [-0.2, -0.15) is 0 Å². The fourth-order valence-corrected chi connectivity index (χ4v) is 2.92. The Morgan fingerprint density at radius 2 is 2.06 bits per heavy atom. The second-order valence-corrected chi connectivity index (χ2v) is 5.94. The number of aryl methyl sites for hydroxylation is 1. The number of unbranched alkanes of at least 4 members (excludes halogenated alkanes) is 1. The van der Waals surface area contributed by atoms with Gasteiger partial charge >= 0.3 is 0 Å². The van der Waals surface area contributed by atoms with Gasteiger partial charge in [-0.25, -0.2) is 0 Å². The van der Waals surface area contributed by atoms with Crippen molar-refractivity contribution in [3.63, 3.8) is 0 Å². The van der Waals surface area contributed by atoms with Crippen LogP contribution in [-0.2, 0) is 0 Å². The SMILES string of the molecule is CCCCC(CC)CC(O)c1ccc(C)s1. The predicted octanol–water partition coefficient (Wildman–Crippen LogP) is 4.70. The van der Waals surface area contributed by atoms with Crippen LogP contribution in [0.1, 0.15) is 61.8 Å². The highest BCUT2D eigenvalue weighted by molar-refractivity contribution is 7.11. The third-order valence-corrected chi connectivity index (χ3v) is 4.29. The van der Waals surface area contributed by atoms with E-state index in [2.05, 4.69) is 32.9 Å². The third-order valence-electron chi connectivity index (χ3n) is 3.19. The van der Waals surface area contributed by atoms with Gasteiger partial charge in [0.05, 0.1) is 6.10 Å². The van der Waals surface area contributed by atoms with Crippen molar-refractivity contribution in [3.8, 4) is 0 Å². The fraction of sp³-hybridized carbons (Fsp3) is 0.714. The molecule has 1 rings (SSSR count). The molecule has 0 aliphatic heterocycles. The summed E-state index contributed by atoms with van der Waals surface area (Å²) in [7, 11) is 0. The van der Waals surface area contributed by atoms with Gasteiger partial charge in [0, 0.05) is 9.75 Å². The van der Waals surface area contributed by atoms with Crippen molar-refractivity contribution >= 4 is 11.3 Å². The molecule has 1 heterocycles. The van der Waals surface area contributed by atoms with E-state index in [1.165, 1.54) is 30.6 Å². The second kappa shape index (κ2) is 7.08. The maximum Gasteiger partial charge on any atom is 0.0884 e. The zero-order valence-corrected chi connectivity index (χ0v) is 11.5.